The van der Waals surface area contributed by atoms with Crippen LogP contribution in [0.25, 0.3) is 0 Å². The van der Waals surface area contributed by atoms with Gasteiger partial charge in [0, 0.05) is 12.6 Å². The molecule has 5 heteroatoms. The van der Waals surface area contributed by atoms with Gasteiger partial charge in [-0.2, -0.15) is 5.10 Å². The number of hydrogen-bond acceptors (Lipinski definition) is 4. The number of aromatic nitrogens is 2. The first kappa shape index (κ1) is 17.0. The van der Waals surface area contributed by atoms with Gasteiger partial charge in [0.15, 0.2) is 5.75 Å². The van der Waals surface area contributed by atoms with Crippen molar-refractivity contribution in [3.8, 4) is 5.75 Å². The summed E-state index contributed by atoms with van der Waals surface area (Å²) in [6.45, 7) is 11.3. The van der Waals surface area contributed by atoms with Crippen LogP contribution in [0.2, 0.25) is 0 Å². The molecule has 0 aliphatic rings. The van der Waals surface area contributed by atoms with Crippen molar-refractivity contribution in [2.75, 3.05) is 20.8 Å². The Balaban J connectivity index is 3.24. The predicted octanol–water partition coefficient (Wildman–Crippen LogP) is 2.79. The lowest BCUT2D eigenvalue weighted by molar-refractivity contribution is 0.00179. The standard InChI is InChI=1S/C15H29N3O2/c1-8-20-15(10(2)3)13(16-6)14-12(19-7)9-17-18(14)11(4)5/h9-11,13,15-16H,8H2,1-7H3. The fraction of sp³-hybridized carbons (Fsp3) is 0.800. The zero-order chi connectivity index (χ0) is 15.3. The highest BCUT2D eigenvalue weighted by atomic mass is 16.5. The van der Waals surface area contributed by atoms with Crippen molar-refractivity contribution in [2.24, 2.45) is 5.92 Å². The van der Waals surface area contributed by atoms with Gasteiger partial charge in [0.1, 0.15) is 5.69 Å². The first-order chi connectivity index (χ1) is 9.47. The second kappa shape index (κ2) is 7.64. The van der Waals surface area contributed by atoms with Crippen LogP contribution in [0, 0.1) is 5.92 Å². The average Bonchev–Trinajstić information content (AvgIpc) is 2.82. The smallest absolute Gasteiger partial charge is 0.161 e. The lowest BCUT2D eigenvalue weighted by Crippen LogP contribution is -2.37. The number of nitrogens with one attached hydrogen (secondary N) is 1. The summed E-state index contributed by atoms with van der Waals surface area (Å²) in [6.07, 6.45) is 1.86. The van der Waals surface area contributed by atoms with Gasteiger partial charge in [0.05, 0.1) is 25.5 Å². The Labute approximate surface area is 122 Å². The highest BCUT2D eigenvalue weighted by Crippen LogP contribution is 2.32. The molecular weight excluding hydrogens is 254 g/mol. The van der Waals surface area contributed by atoms with E-state index >= 15 is 0 Å². The molecule has 1 rings (SSSR count). The van der Waals surface area contributed by atoms with Gasteiger partial charge in [0.2, 0.25) is 0 Å². The number of ether oxygens (including phenoxy) is 2. The molecule has 0 saturated carbocycles. The predicted molar refractivity (Wildman–Crippen MR) is 81.2 cm³/mol. The Morgan fingerprint density at radius 2 is 1.95 bits per heavy atom. The third-order valence-corrected chi connectivity index (χ3v) is 3.46. The molecule has 1 aromatic heterocycles. The fourth-order valence-electron chi connectivity index (χ4n) is 2.54. The van der Waals surface area contributed by atoms with E-state index in [9.17, 15) is 0 Å². The second-order valence-corrected chi connectivity index (χ2v) is 5.57. The first-order valence-corrected chi connectivity index (χ1v) is 7.38. The number of nitrogens with zero attached hydrogens (tertiary/aromatic N) is 2. The van der Waals surface area contributed by atoms with Crippen LogP contribution in [-0.4, -0.2) is 36.6 Å². The Kier molecular flexibility index (Phi) is 6.49. The van der Waals surface area contributed by atoms with E-state index in [4.69, 9.17) is 9.47 Å². The molecule has 1 N–H and O–H groups in total. The number of methoxy groups -OCH3 is 1. The van der Waals surface area contributed by atoms with E-state index in [1.165, 1.54) is 0 Å². The maximum absolute atomic E-state index is 5.96. The Bertz CT molecular complexity index is 402. The zero-order valence-electron chi connectivity index (χ0n) is 13.8. The molecule has 0 radical (unpaired) electrons. The molecule has 0 saturated heterocycles. The van der Waals surface area contributed by atoms with Crippen molar-refractivity contribution < 1.29 is 9.47 Å². The summed E-state index contributed by atoms with van der Waals surface area (Å²) >= 11 is 0. The van der Waals surface area contributed by atoms with Crippen molar-refractivity contribution in [1.82, 2.24) is 15.1 Å². The van der Waals surface area contributed by atoms with Crippen LogP contribution in [0.5, 0.6) is 5.75 Å². The summed E-state index contributed by atoms with van der Waals surface area (Å²) < 4.78 is 13.5. The number of rotatable bonds is 8. The third-order valence-electron chi connectivity index (χ3n) is 3.46. The largest absolute Gasteiger partial charge is 0.493 e. The Morgan fingerprint density at radius 1 is 1.30 bits per heavy atom. The quantitative estimate of drug-likeness (QED) is 0.797. The lowest BCUT2D eigenvalue weighted by Gasteiger charge is -2.31. The van der Waals surface area contributed by atoms with Crippen molar-refractivity contribution in [1.29, 1.82) is 0 Å². The number of hydrogen-bond donors (Lipinski definition) is 1. The maximum Gasteiger partial charge on any atom is 0.161 e. The minimum atomic E-state index is 0.0507. The van der Waals surface area contributed by atoms with Crippen LogP contribution in [0.4, 0.5) is 0 Å². The van der Waals surface area contributed by atoms with Gasteiger partial charge in [-0.25, -0.2) is 0 Å². The van der Waals surface area contributed by atoms with E-state index < -0.39 is 0 Å². The monoisotopic (exact) mass is 283 g/mol. The van der Waals surface area contributed by atoms with Crippen molar-refractivity contribution in [3.05, 3.63) is 11.9 Å². The topological polar surface area (TPSA) is 48.3 Å². The summed E-state index contributed by atoms with van der Waals surface area (Å²) in [7, 11) is 3.64. The van der Waals surface area contributed by atoms with E-state index in [0.29, 0.717) is 12.5 Å². The number of likely N-dealkylation sites (N-methyl/N-ethyl adjacent to an activating group) is 1. The van der Waals surface area contributed by atoms with Gasteiger partial charge in [0.25, 0.3) is 0 Å². The van der Waals surface area contributed by atoms with Crippen LogP contribution >= 0.6 is 0 Å². The molecule has 0 aromatic carbocycles. The molecule has 0 fully saturated rings. The van der Waals surface area contributed by atoms with Crippen LogP contribution in [0.3, 0.4) is 0 Å². The van der Waals surface area contributed by atoms with Crippen LogP contribution in [0.15, 0.2) is 6.20 Å². The SMILES string of the molecule is CCOC(C(C)C)C(NC)c1c(OC)cnn1C(C)C. The van der Waals surface area contributed by atoms with E-state index in [0.717, 1.165) is 11.4 Å². The van der Waals surface area contributed by atoms with Crippen molar-refractivity contribution >= 4 is 0 Å². The summed E-state index contributed by atoms with van der Waals surface area (Å²) in [5.41, 5.74) is 1.05. The van der Waals surface area contributed by atoms with Crippen LogP contribution in [0.1, 0.15) is 52.4 Å². The zero-order valence-corrected chi connectivity index (χ0v) is 13.8. The average molecular weight is 283 g/mol. The Morgan fingerprint density at radius 3 is 2.35 bits per heavy atom. The lowest BCUT2D eigenvalue weighted by atomic mass is 9.96. The molecule has 0 amide bonds. The van der Waals surface area contributed by atoms with Gasteiger partial charge < -0.3 is 14.8 Å². The van der Waals surface area contributed by atoms with E-state index in [1.807, 2.05) is 18.7 Å². The first-order valence-electron chi connectivity index (χ1n) is 7.38. The fourth-order valence-corrected chi connectivity index (χ4v) is 2.54. The van der Waals surface area contributed by atoms with Crippen molar-refractivity contribution in [3.63, 3.8) is 0 Å². The molecule has 2 atom stereocenters. The van der Waals surface area contributed by atoms with Crippen molar-refractivity contribution in [2.45, 2.75) is 52.8 Å². The summed E-state index contributed by atoms with van der Waals surface area (Å²) in [6, 6.07) is 0.328. The maximum atomic E-state index is 5.96. The summed E-state index contributed by atoms with van der Waals surface area (Å²) in [4.78, 5) is 0. The normalized spacial score (nSPS) is 14.8. The van der Waals surface area contributed by atoms with Gasteiger partial charge >= 0.3 is 0 Å². The third kappa shape index (κ3) is 3.52. The van der Waals surface area contributed by atoms with Gasteiger partial charge in [-0.05, 0) is 33.7 Å². The van der Waals surface area contributed by atoms with Gasteiger partial charge in [-0.3, -0.25) is 4.68 Å². The van der Waals surface area contributed by atoms with Gasteiger partial charge in [-0.15, -0.1) is 0 Å². The van der Waals surface area contributed by atoms with Crippen LogP contribution in [-0.2, 0) is 4.74 Å². The van der Waals surface area contributed by atoms with E-state index in [-0.39, 0.29) is 18.2 Å². The second-order valence-electron chi connectivity index (χ2n) is 5.57. The molecule has 20 heavy (non-hydrogen) atoms. The van der Waals surface area contributed by atoms with E-state index in [2.05, 4.69) is 38.1 Å². The Hall–Kier alpha value is -1.07. The molecule has 0 aliphatic carbocycles. The molecule has 0 spiro atoms. The molecule has 1 heterocycles. The summed E-state index contributed by atoms with van der Waals surface area (Å²) in [5.74, 6) is 1.20. The van der Waals surface area contributed by atoms with Gasteiger partial charge in [-0.1, -0.05) is 13.8 Å². The van der Waals surface area contributed by atoms with E-state index in [1.54, 1.807) is 13.3 Å². The molecular formula is C15H29N3O2. The minimum Gasteiger partial charge on any atom is -0.493 e. The molecule has 0 aliphatic heterocycles. The summed E-state index contributed by atoms with van der Waals surface area (Å²) in [5, 5.41) is 7.83. The highest BCUT2D eigenvalue weighted by Gasteiger charge is 2.31. The highest BCUT2D eigenvalue weighted by molar-refractivity contribution is 5.30. The molecule has 5 nitrogen and oxygen atoms in total. The molecule has 0 bridgehead atoms. The van der Waals surface area contributed by atoms with Crippen LogP contribution < -0.4 is 10.1 Å². The molecule has 116 valence electrons. The minimum absolute atomic E-state index is 0.0507. The molecule has 1 aromatic rings. The molecule has 2 unspecified atom stereocenters.